The van der Waals surface area contributed by atoms with E-state index in [9.17, 15) is 35.5 Å². The summed E-state index contributed by atoms with van der Waals surface area (Å²) in [7, 11) is 0. The minimum atomic E-state index is -5.07. The van der Waals surface area contributed by atoms with Gasteiger partial charge in [0.25, 0.3) is 5.91 Å². The van der Waals surface area contributed by atoms with Crippen molar-refractivity contribution in [3.8, 4) is 0 Å². The van der Waals surface area contributed by atoms with Gasteiger partial charge in [-0.1, -0.05) is 6.07 Å². The maximum Gasteiger partial charge on any atom is 0.419 e. The zero-order valence-electron chi connectivity index (χ0n) is 12.5. The number of nitrogens with zero attached hydrogens (tertiary/aromatic N) is 1. The van der Waals surface area contributed by atoms with Crippen molar-refractivity contribution in [2.75, 3.05) is 6.54 Å². The van der Waals surface area contributed by atoms with Crippen LogP contribution in [0.15, 0.2) is 18.2 Å². The molecule has 0 spiro atoms. The minimum absolute atomic E-state index is 0. The van der Waals surface area contributed by atoms with Gasteiger partial charge in [-0.3, -0.25) is 4.79 Å². The van der Waals surface area contributed by atoms with E-state index >= 15 is 0 Å². The lowest BCUT2D eigenvalue weighted by atomic mass is 9.96. The molecular formula is C14H14ClF7N2O. The second-order valence-electron chi connectivity index (χ2n) is 5.52. The van der Waals surface area contributed by atoms with Gasteiger partial charge in [0.2, 0.25) is 0 Å². The Kier molecular flexibility index (Phi) is 6.33. The molecule has 0 radical (unpaired) electrons. The highest BCUT2D eigenvalue weighted by molar-refractivity contribution is 5.95. The number of halogens is 8. The van der Waals surface area contributed by atoms with E-state index < -0.39 is 60.3 Å². The van der Waals surface area contributed by atoms with Crippen molar-refractivity contribution < 1.29 is 35.5 Å². The minimum Gasteiger partial charge on any atom is -0.326 e. The van der Waals surface area contributed by atoms with E-state index in [2.05, 4.69) is 0 Å². The van der Waals surface area contributed by atoms with Crippen molar-refractivity contribution in [1.29, 1.82) is 0 Å². The second-order valence-corrected chi connectivity index (χ2v) is 5.52. The molecule has 3 nitrogen and oxygen atoms in total. The Labute approximate surface area is 144 Å². The molecule has 11 heteroatoms. The summed E-state index contributed by atoms with van der Waals surface area (Å²) in [6, 6.07) is -1.07. The molecule has 1 amide bonds. The zero-order chi connectivity index (χ0) is 18.3. The molecule has 142 valence electrons. The first kappa shape index (κ1) is 21.5. The van der Waals surface area contributed by atoms with Crippen molar-refractivity contribution in [3.63, 3.8) is 0 Å². The molecule has 1 aliphatic heterocycles. The number of nitrogens with two attached hydrogens (primary N) is 1. The van der Waals surface area contributed by atoms with Crippen LogP contribution < -0.4 is 5.73 Å². The molecule has 2 rings (SSSR count). The van der Waals surface area contributed by atoms with Crippen molar-refractivity contribution in [1.82, 2.24) is 4.90 Å². The fraction of sp³-hybridized carbons (Fsp3) is 0.500. The molecule has 25 heavy (non-hydrogen) atoms. The lowest BCUT2D eigenvalue weighted by molar-refractivity contribution is -0.184. The largest absolute Gasteiger partial charge is 0.419 e. The fourth-order valence-electron chi connectivity index (χ4n) is 2.63. The summed E-state index contributed by atoms with van der Waals surface area (Å²) >= 11 is 0. The topological polar surface area (TPSA) is 46.3 Å². The molecule has 0 saturated carbocycles. The Balaban J connectivity index is 0.00000312. The van der Waals surface area contributed by atoms with Crippen LogP contribution in [-0.2, 0) is 6.18 Å². The van der Waals surface area contributed by atoms with Gasteiger partial charge in [0.05, 0.1) is 11.1 Å². The Bertz CT molecular complexity index is 633. The van der Waals surface area contributed by atoms with E-state index in [0.717, 1.165) is 12.1 Å². The smallest absolute Gasteiger partial charge is 0.326 e. The van der Waals surface area contributed by atoms with Crippen molar-refractivity contribution in [2.45, 2.75) is 37.3 Å². The van der Waals surface area contributed by atoms with E-state index in [-0.39, 0.29) is 18.8 Å². The summed E-state index contributed by atoms with van der Waals surface area (Å²) in [6.45, 7) is -0.515. The van der Waals surface area contributed by atoms with E-state index in [1.165, 1.54) is 0 Å². The number of benzene rings is 1. The molecular weight excluding hydrogens is 381 g/mol. The van der Waals surface area contributed by atoms with Crippen LogP contribution in [0.25, 0.3) is 0 Å². The molecule has 1 aliphatic rings. The van der Waals surface area contributed by atoms with Crippen molar-refractivity contribution >= 4 is 18.3 Å². The van der Waals surface area contributed by atoms with Gasteiger partial charge in [-0.15, -0.1) is 12.4 Å². The van der Waals surface area contributed by atoms with E-state index in [4.69, 9.17) is 5.73 Å². The van der Waals surface area contributed by atoms with Gasteiger partial charge in [-0.2, -0.15) is 26.3 Å². The Morgan fingerprint density at radius 1 is 1.12 bits per heavy atom. The number of hydrogen-bond acceptors (Lipinski definition) is 2. The van der Waals surface area contributed by atoms with E-state index in [0.29, 0.717) is 11.0 Å². The fourth-order valence-corrected chi connectivity index (χ4v) is 2.63. The van der Waals surface area contributed by atoms with Gasteiger partial charge in [-0.05, 0) is 25.0 Å². The third-order valence-electron chi connectivity index (χ3n) is 3.79. The molecule has 2 N–H and O–H groups in total. The van der Waals surface area contributed by atoms with Gasteiger partial charge in [0.15, 0.2) is 0 Å². The number of alkyl halides is 6. The van der Waals surface area contributed by atoms with Crippen LogP contribution in [0.5, 0.6) is 0 Å². The van der Waals surface area contributed by atoms with Crippen LogP contribution >= 0.6 is 12.4 Å². The summed E-state index contributed by atoms with van der Waals surface area (Å²) in [6.07, 6.45) is -10.3. The summed E-state index contributed by atoms with van der Waals surface area (Å²) in [5, 5.41) is 0. The summed E-state index contributed by atoms with van der Waals surface area (Å²) in [4.78, 5) is 12.6. The van der Waals surface area contributed by atoms with Gasteiger partial charge in [-0.25, -0.2) is 4.39 Å². The number of rotatable bonds is 1. The van der Waals surface area contributed by atoms with Crippen LogP contribution in [0, 0.1) is 5.82 Å². The predicted octanol–water partition coefficient (Wildman–Crippen LogP) is 3.76. The molecule has 0 bridgehead atoms. The Hall–Kier alpha value is -1.55. The highest BCUT2D eigenvalue weighted by Gasteiger charge is 2.48. The maximum absolute atomic E-state index is 14.0. The molecule has 1 aromatic rings. The summed E-state index contributed by atoms with van der Waals surface area (Å²) in [5.41, 5.74) is 2.78. The van der Waals surface area contributed by atoms with Crippen LogP contribution in [0.2, 0.25) is 0 Å². The molecule has 0 aromatic heterocycles. The number of hydrogen-bond donors (Lipinski definition) is 1. The maximum atomic E-state index is 14.0. The predicted molar refractivity (Wildman–Crippen MR) is 76.7 cm³/mol. The standard InChI is InChI=1S/C14H13F7N2O.ClH/c15-11-8(2-1-3-9(11)13(16,17)18)12(24)23-6-7(22)4-5-10(23)14(19,20)21;/h1-3,7,10H,4-6,22H2;1H. The highest BCUT2D eigenvalue weighted by Crippen LogP contribution is 2.35. The highest BCUT2D eigenvalue weighted by atomic mass is 35.5. The molecule has 2 atom stereocenters. The van der Waals surface area contributed by atoms with Crippen molar-refractivity contribution in [3.05, 3.63) is 35.1 Å². The Morgan fingerprint density at radius 3 is 2.24 bits per heavy atom. The number of carbonyl (C=O) groups is 1. The van der Waals surface area contributed by atoms with Gasteiger partial charge in [0.1, 0.15) is 11.9 Å². The number of amides is 1. The SMILES string of the molecule is Cl.NC1CCC(C(F)(F)F)N(C(=O)c2cccc(C(F)(F)F)c2F)C1. The van der Waals surface area contributed by atoms with Gasteiger partial charge < -0.3 is 10.6 Å². The average Bonchev–Trinajstić information content (AvgIpc) is 2.44. The lowest BCUT2D eigenvalue weighted by Crippen LogP contribution is -2.56. The third kappa shape index (κ3) is 4.55. The molecule has 1 aromatic carbocycles. The quantitative estimate of drug-likeness (QED) is 0.737. The molecule has 1 saturated heterocycles. The number of carbonyl (C=O) groups excluding carboxylic acids is 1. The number of piperidine rings is 1. The van der Waals surface area contributed by atoms with Crippen LogP contribution in [0.1, 0.15) is 28.8 Å². The van der Waals surface area contributed by atoms with E-state index in [1.54, 1.807) is 0 Å². The van der Waals surface area contributed by atoms with E-state index in [1.807, 2.05) is 0 Å². The van der Waals surface area contributed by atoms with Gasteiger partial charge in [0, 0.05) is 12.6 Å². The zero-order valence-corrected chi connectivity index (χ0v) is 13.3. The monoisotopic (exact) mass is 394 g/mol. The lowest BCUT2D eigenvalue weighted by Gasteiger charge is -2.39. The first-order valence-corrected chi connectivity index (χ1v) is 6.92. The van der Waals surface area contributed by atoms with Gasteiger partial charge >= 0.3 is 12.4 Å². The molecule has 1 fully saturated rings. The summed E-state index contributed by atoms with van der Waals surface area (Å²) < 4.78 is 91.3. The normalized spacial score (nSPS) is 21.7. The molecule has 0 aliphatic carbocycles. The van der Waals surface area contributed by atoms with Crippen LogP contribution in [0.3, 0.4) is 0 Å². The molecule has 1 heterocycles. The summed E-state index contributed by atoms with van der Waals surface area (Å²) in [5.74, 6) is -3.36. The molecule has 2 unspecified atom stereocenters. The van der Waals surface area contributed by atoms with Crippen LogP contribution in [-0.4, -0.2) is 35.6 Å². The van der Waals surface area contributed by atoms with Crippen molar-refractivity contribution in [2.24, 2.45) is 5.73 Å². The Morgan fingerprint density at radius 2 is 1.72 bits per heavy atom. The first-order chi connectivity index (χ1) is 10.9. The average molecular weight is 395 g/mol. The number of likely N-dealkylation sites (tertiary alicyclic amines) is 1. The second kappa shape index (κ2) is 7.36. The van der Waals surface area contributed by atoms with Crippen LogP contribution in [0.4, 0.5) is 30.7 Å². The third-order valence-corrected chi connectivity index (χ3v) is 3.79. The first-order valence-electron chi connectivity index (χ1n) is 6.92.